The van der Waals surface area contributed by atoms with Gasteiger partial charge in [0.1, 0.15) is 11.6 Å². The van der Waals surface area contributed by atoms with Crippen LogP contribution in [0, 0.1) is 24.2 Å². The third-order valence-corrected chi connectivity index (χ3v) is 5.93. The Morgan fingerprint density at radius 3 is 2.39 bits per heavy atom. The number of piperazine rings is 1. The van der Waals surface area contributed by atoms with Crippen molar-refractivity contribution in [2.45, 2.75) is 53.1 Å². The van der Waals surface area contributed by atoms with Gasteiger partial charge < -0.3 is 20.4 Å². The molecule has 2 atom stereocenters. The summed E-state index contributed by atoms with van der Waals surface area (Å²) in [5.74, 6) is -0.139. The fourth-order valence-electron chi connectivity index (χ4n) is 3.29. The molecule has 28 heavy (non-hydrogen) atoms. The van der Waals surface area contributed by atoms with Gasteiger partial charge in [-0.1, -0.05) is 20.8 Å². The highest BCUT2D eigenvalue weighted by Gasteiger charge is 2.31. The fourth-order valence-corrected chi connectivity index (χ4v) is 3.29. The van der Waals surface area contributed by atoms with Crippen molar-refractivity contribution in [2.24, 2.45) is 5.92 Å². The maximum Gasteiger partial charge on any atom is 0.243 e. The zero-order valence-corrected chi connectivity index (χ0v) is 18.2. The SMILES string of the molecule is CCN1CCN(c2ccc(NC(C)C(=O)NC(C)(C#N)C(C)C)c(C)c2)CC1. The van der Waals surface area contributed by atoms with E-state index in [0.717, 1.165) is 44.0 Å². The number of benzene rings is 1. The number of nitrogens with zero attached hydrogens (tertiary/aromatic N) is 3. The smallest absolute Gasteiger partial charge is 0.243 e. The molecule has 1 amide bonds. The fraction of sp³-hybridized carbons (Fsp3) is 0.636. The molecular formula is C22H35N5O. The van der Waals surface area contributed by atoms with E-state index in [2.05, 4.69) is 52.5 Å². The Bertz CT molecular complexity index is 718. The molecule has 0 aromatic heterocycles. The number of anilines is 2. The van der Waals surface area contributed by atoms with Crippen molar-refractivity contribution < 1.29 is 4.79 Å². The van der Waals surface area contributed by atoms with Crippen molar-refractivity contribution in [2.75, 3.05) is 42.9 Å². The summed E-state index contributed by atoms with van der Waals surface area (Å²) in [6.07, 6.45) is 0. The molecular weight excluding hydrogens is 350 g/mol. The first-order chi connectivity index (χ1) is 13.2. The number of nitrogens with one attached hydrogen (secondary N) is 2. The molecule has 0 bridgehead atoms. The van der Waals surface area contributed by atoms with E-state index in [1.807, 2.05) is 26.8 Å². The number of hydrogen-bond acceptors (Lipinski definition) is 5. The van der Waals surface area contributed by atoms with Crippen molar-refractivity contribution in [1.82, 2.24) is 10.2 Å². The minimum atomic E-state index is -0.868. The number of rotatable bonds is 7. The van der Waals surface area contributed by atoms with Crippen molar-refractivity contribution >= 4 is 17.3 Å². The average molecular weight is 386 g/mol. The second kappa shape index (κ2) is 9.29. The molecule has 2 N–H and O–H groups in total. The zero-order chi connectivity index (χ0) is 20.9. The van der Waals surface area contributed by atoms with Gasteiger partial charge in [0.05, 0.1) is 6.07 Å². The summed E-state index contributed by atoms with van der Waals surface area (Å²) < 4.78 is 0. The van der Waals surface area contributed by atoms with Gasteiger partial charge in [-0.15, -0.1) is 0 Å². The summed E-state index contributed by atoms with van der Waals surface area (Å²) in [5, 5.41) is 15.6. The number of hydrogen-bond donors (Lipinski definition) is 2. The predicted octanol–water partition coefficient (Wildman–Crippen LogP) is 2.99. The van der Waals surface area contributed by atoms with Gasteiger partial charge in [-0.2, -0.15) is 5.26 Å². The Hall–Kier alpha value is -2.26. The first-order valence-corrected chi connectivity index (χ1v) is 10.3. The number of amides is 1. The van der Waals surface area contributed by atoms with E-state index in [-0.39, 0.29) is 11.8 Å². The molecule has 0 radical (unpaired) electrons. The van der Waals surface area contributed by atoms with E-state index >= 15 is 0 Å². The van der Waals surface area contributed by atoms with Crippen LogP contribution < -0.4 is 15.5 Å². The normalized spacial score (nSPS) is 18.3. The van der Waals surface area contributed by atoms with Gasteiger partial charge >= 0.3 is 0 Å². The summed E-state index contributed by atoms with van der Waals surface area (Å²) >= 11 is 0. The van der Waals surface area contributed by atoms with Gasteiger partial charge in [0.15, 0.2) is 0 Å². The maximum absolute atomic E-state index is 12.6. The van der Waals surface area contributed by atoms with Crippen LogP contribution in [0.1, 0.15) is 40.2 Å². The highest BCUT2D eigenvalue weighted by Crippen LogP contribution is 2.24. The summed E-state index contributed by atoms with van der Waals surface area (Å²) in [6, 6.07) is 8.15. The van der Waals surface area contributed by atoms with Gasteiger partial charge in [0.25, 0.3) is 0 Å². The topological polar surface area (TPSA) is 71.4 Å². The summed E-state index contributed by atoms with van der Waals surface area (Å²) in [6.45, 7) is 17.1. The molecule has 2 rings (SSSR count). The molecule has 1 heterocycles. The van der Waals surface area contributed by atoms with E-state index in [4.69, 9.17) is 0 Å². The predicted molar refractivity (Wildman–Crippen MR) is 116 cm³/mol. The van der Waals surface area contributed by atoms with Crippen LogP contribution in [0.3, 0.4) is 0 Å². The van der Waals surface area contributed by atoms with Gasteiger partial charge in [-0.05, 0) is 57.0 Å². The molecule has 2 unspecified atom stereocenters. The first kappa shape index (κ1) is 22.0. The lowest BCUT2D eigenvalue weighted by Crippen LogP contribution is -2.53. The Labute approximate surface area is 169 Å². The van der Waals surface area contributed by atoms with Crippen molar-refractivity contribution in [3.8, 4) is 6.07 Å². The largest absolute Gasteiger partial charge is 0.374 e. The Morgan fingerprint density at radius 1 is 1.25 bits per heavy atom. The second-order valence-corrected chi connectivity index (χ2v) is 8.24. The van der Waals surface area contributed by atoms with Gasteiger partial charge in [0.2, 0.25) is 5.91 Å². The molecule has 0 spiro atoms. The summed E-state index contributed by atoms with van der Waals surface area (Å²) in [5.41, 5.74) is 2.42. The third-order valence-electron chi connectivity index (χ3n) is 5.93. The number of carbonyl (C=O) groups excluding carboxylic acids is 1. The Balaban J connectivity index is 2.01. The maximum atomic E-state index is 12.6. The van der Waals surface area contributed by atoms with E-state index in [1.54, 1.807) is 6.92 Å². The van der Waals surface area contributed by atoms with Crippen LogP contribution in [0.2, 0.25) is 0 Å². The lowest BCUT2D eigenvalue weighted by atomic mass is 9.90. The first-order valence-electron chi connectivity index (χ1n) is 10.3. The molecule has 1 saturated heterocycles. The number of aryl methyl sites for hydroxylation is 1. The number of likely N-dealkylation sites (N-methyl/N-ethyl adjacent to an activating group) is 1. The standard InChI is InChI=1S/C22H35N5O/c1-7-26-10-12-27(13-11-26)19-8-9-20(17(4)14-19)24-18(5)21(28)25-22(6,15-23)16(2)3/h8-9,14,16,18,24H,7,10-13H2,1-6H3,(H,25,28). The minimum Gasteiger partial charge on any atom is -0.374 e. The average Bonchev–Trinajstić information content (AvgIpc) is 2.69. The molecule has 1 aromatic rings. The summed E-state index contributed by atoms with van der Waals surface area (Å²) in [7, 11) is 0. The molecule has 6 nitrogen and oxygen atoms in total. The minimum absolute atomic E-state index is 0.0304. The molecule has 0 saturated carbocycles. The number of carbonyl (C=O) groups is 1. The highest BCUT2D eigenvalue weighted by atomic mass is 16.2. The molecule has 1 aromatic carbocycles. The highest BCUT2D eigenvalue weighted by molar-refractivity contribution is 5.85. The van der Waals surface area contributed by atoms with Gasteiger partial charge in [-0.25, -0.2) is 0 Å². The lowest BCUT2D eigenvalue weighted by Gasteiger charge is -2.35. The lowest BCUT2D eigenvalue weighted by molar-refractivity contribution is -0.123. The van der Waals surface area contributed by atoms with E-state index in [0.29, 0.717) is 0 Å². The Kier molecular flexibility index (Phi) is 7.31. The monoisotopic (exact) mass is 385 g/mol. The number of nitriles is 1. The second-order valence-electron chi connectivity index (χ2n) is 8.24. The van der Waals surface area contributed by atoms with E-state index in [1.165, 1.54) is 5.69 Å². The van der Waals surface area contributed by atoms with Crippen LogP contribution in [0.5, 0.6) is 0 Å². The zero-order valence-electron chi connectivity index (χ0n) is 18.2. The van der Waals surface area contributed by atoms with Crippen molar-refractivity contribution in [1.29, 1.82) is 5.26 Å². The molecule has 1 aliphatic rings. The van der Waals surface area contributed by atoms with Crippen molar-refractivity contribution in [3.05, 3.63) is 23.8 Å². The van der Waals surface area contributed by atoms with Gasteiger partial charge in [-0.3, -0.25) is 4.79 Å². The molecule has 0 aliphatic carbocycles. The van der Waals surface area contributed by atoms with E-state index in [9.17, 15) is 10.1 Å². The molecule has 1 fully saturated rings. The summed E-state index contributed by atoms with van der Waals surface area (Å²) in [4.78, 5) is 17.5. The van der Waals surface area contributed by atoms with Crippen LogP contribution in [0.25, 0.3) is 0 Å². The van der Waals surface area contributed by atoms with Crippen LogP contribution in [0.15, 0.2) is 18.2 Å². The van der Waals surface area contributed by atoms with Gasteiger partial charge in [0, 0.05) is 37.6 Å². The van der Waals surface area contributed by atoms with E-state index < -0.39 is 11.6 Å². The molecule has 1 aliphatic heterocycles. The van der Waals surface area contributed by atoms with Crippen LogP contribution in [-0.2, 0) is 4.79 Å². The van der Waals surface area contributed by atoms with Crippen LogP contribution in [0.4, 0.5) is 11.4 Å². The van der Waals surface area contributed by atoms with Crippen LogP contribution in [-0.4, -0.2) is 55.1 Å². The van der Waals surface area contributed by atoms with Crippen LogP contribution >= 0.6 is 0 Å². The molecule has 154 valence electrons. The third kappa shape index (κ3) is 5.17. The molecule has 6 heteroatoms. The quantitative estimate of drug-likeness (QED) is 0.755. The van der Waals surface area contributed by atoms with Crippen molar-refractivity contribution in [3.63, 3.8) is 0 Å². The Morgan fingerprint density at radius 2 is 1.89 bits per heavy atom.